The zero-order chi connectivity index (χ0) is 18.8. The molecule has 0 saturated heterocycles. The van der Waals surface area contributed by atoms with Crippen molar-refractivity contribution in [3.05, 3.63) is 94.5 Å². The molecule has 27 heavy (non-hydrogen) atoms. The molecule has 1 heterocycles. The molecule has 3 aromatic carbocycles. The van der Waals surface area contributed by atoms with E-state index in [1.165, 1.54) is 0 Å². The van der Waals surface area contributed by atoms with Crippen LogP contribution in [0.15, 0.2) is 83.3 Å². The summed E-state index contributed by atoms with van der Waals surface area (Å²) in [5.41, 5.74) is 3.97. The van der Waals surface area contributed by atoms with E-state index in [4.69, 9.17) is 9.72 Å². The van der Waals surface area contributed by atoms with Gasteiger partial charge in [0, 0.05) is 15.4 Å². The molecule has 0 aliphatic heterocycles. The van der Waals surface area contributed by atoms with Gasteiger partial charge in [-0.15, -0.1) is 0 Å². The lowest BCUT2D eigenvalue weighted by molar-refractivity contribution is 0.0737. The van der Waals surface area contributed by atoms with E-state index in [1.54, 1.807) is 12.1 Å². The largest absolute Gasteiger partial charge is 0.423 e. The number of carbonyl (C=O) groups is 1. The van der Waals surface area contributed by atoms with Gasteiger partial charge < -0.3 is 4.74 Å². The topological polar surface area (TPSA) is 39.2 Å². The minimum Gasteiger partial charge on any atom is -0.423 e. The molecule has 0 fully saturated rings. The smallest absolute Gasteiger partial charge is 0.344 e. The Hall–Kier alpha value is -2.98. The predicted molar refractivity (Wildman–Crippen MR) is 111 cm³/mol. The third-order valence-electron chi connectivity index (χ3n) is 4.28. The highest BCUT2D eigenvalue weighted by atomic mass is 79.9. The highest BCUT2D eigenvalue weighted by Gasteiger charge is 2.16. The second kappa shape index (κ2) is 7.33. The monoisotopic (exact) mass is 417 g/mol. The Balaban J connectivity index is 1.80. The molecule has 1 aromatic heterocycles. The standard InChI is InChI=1S/C23H16BrNO2/c1-15-5-4-6-18(13-15)27-23(26)20-14-22(16-9-11-17(24)12-10-16)25-21-8-3-2-7-19(20)21/h2-14H,1H3. The third-order valence-corrected chi connectivity index (χ3v) is 4.80. The normalized spacial score (nSPS) is 10.7. The van der Waals surface area contributed by atoms with Crippen molar-refractivity contribution in [2.45, 2.75) is 6.92 Å². The number of halogens is 1. The fraction of sp³-hybridized carbons (Fsp3) is 0.0435. The average molecular weight is 418 g/mol. The number of benzene rings is 3. The molecule has 4 rings (SSSR count). The van der Waals surface area contributed by atoms with Crippen molar-refractivity contribution in [3.8, 4) is 17.0 Å². The first kappa shape index (κ1) is 17.4. The number of hydrogen-bond donors (Lipinski definition) is 0. The van der Waals surface area contributed by atoms with Gasteiger partial charge in [-0.05, 0) is 48.9 Å². The summed E-state index contributed by atoms with van der Waals surface area (Å²) in [6.45, 7) is 1.96. The molecule has 0 N–H and O–H groups in total. The van der Waals surface area contributed by atoms with Gasteiger partial charge in [0.05, 0.1) is 16.8 Å². The fourth-order valence-electron chi connectivity index (χ4n) is 2.95. The first-order chi connectivity index (χ1) is 13.1. The van der Waals surface area contributed by atoms with Crippen molar-refractivity contribution in [2.75, 3.05) is 0 Å². The molecule has 0 spiro atoms. The van der Waals surface area contributed by atoms with Gasteiger partial charge in [0.25, 0.3) is 0 Å². The number of esters is 1. The van der Waals surface area contributed by atoms with Gasteiger partial charge in [-0.1, -0.05) is 58.4 Å². The molecule has 0 aliphatic carbocycles. The van der Waals surface area contributed by atoms with Crippen LogP contribution in [0, 0.1) is 6.92 Å². The van der Waals surface area contributed by atoms with Gasteiger partial charge in [-0.25, -0.2) is 9.78 Å². The van der Waals surface area contributed by atoms with Gasteiger partial charge in [0.1, 0.15) is 5.75 Å². The Morgan fingerprint density at radius 2 is 1.70 bits per heavy atom. The van der Waals surface area contributed by atoms with E-state index in [1.807, 2.05) is 73.7 Å². The molecule has 4 aromatic rings. The highest BCUT2D eigenvalue weighted by Crippen LogP contribution is 2.27. The zero-order valence-electron chi connectivity index (χ0n) is 14.6. The van der Waals surface area contributed by atoms with Crippen LogP contribution in [0.2, 0.25) is 0 Å². The third kappa shape index (κ3) is 3.76. The van der Waals surface area contributed by atoms with Crippen molar-refractivity contribution in [3.63, 3.8) is 0 Å². The van der Waals surface area contributed by atoms with E-state index in [0.717, 1.165) is 32.2 Å². The maximum atomic E-state index is 12.9. The van der Waals surface area contributed by atoms with Crippen LogP contribution in [-0.4, -0.2) is 11.0 Å². The van der Waals surface area contributed by atoms with Crippen molar-refractivity contribution in [1.29, 1.82) is 0 Å². The molecule has 0 bridgehead atoms. The number of hydrogen-bond acceptors (Lipinski definition) is 3. The maximum Gasteiger partial charge on any atom is 0.344 e. The van der Waals surface area contributed by atoms with Gasteiger partial charge in [-0.3, -0.25) is 0 Å². The number of rotatable bonds is 3. The first-order valence-corrected chi connectivity index (χ1v) is 9.34. The Morgan fingerprint density at radius 3 is 2.48 bits per heavy atom. The molecular formula is C23H16BrNO2. The van der Waals surface area contributed by atoms with Gasteiger partial charge >= 0.3 is 5.97 Å². The quantitative estimate of drug-likeness (QED) is 0.294. The van der Waals surface area contributed by atoms with Crippen LogP contribution in [0.5, 0.6) is 5.75 Å². The first-order valence-electron chi connectivity index (χ1n) is 8.55. The summed E-state index contributed by atoms with van der Waals surface area (Å²) in [5, 5.41) is 0.774. The maximum absolute atomic E-state index is 12.9. The number of aryl methyl sites for hydroxylation is 1. The number of fused-ring (bicyclic) bond motifs is 1. The molecule has 132 valence electrons. The zero-order valence-corrected chi connectivity index (χ0v) is 16.2. The highest BCUT2D eigenvalue weighted by molar-refractivity contribution is 9.10. The van der Waals surface area contributed by atoms with Crippen LogP contribution in [-0.2, 0) is 0 Å². The molecule has 4 heteroatoms. The number of carbonyl (C=O) groups excluding carboxylic acids is 1. The molecule has 0 saturated carbocycles. The molecular weight excluding hydrogens is 402 g/mol. The van der Waals surface area contributed by atoms with Crippen molar-refractivity contribution >= 4 is 32.8 Å². The lowest BCUT2D eigenvalue weighted by Crippen LogP contribution is -2.10. The molecule has 0 radical (unpaired) electrons. The van der Waals surface area contributed by atoms with Crippen LogP contribution in [0.3, 0.4) is 0 Å². The van der Waals surface area contributed by atoms with Gasteiger partial charge in [0.15, 0.2) is 0 Å². The fourth-order valence-corrected chi connectivity index (χ4v) is 3.22. The Labute approximate surface area is 165 Å². The lowest BCUT2D eigenvalue weighted by atomic mass is 10.0. The van der Waals surface area contributed by atoms with E-state index in [2.05, 4.69) is 15.9 Å². The minimum absolute atomic E-state index is 0.391. The van der Waals surface area contributed by atoms with Crippen molar-refractivity contribution in [1.82, 2.24) is 4.98 Å². The van der Waals surface area contributed by atoms with Crippen LogP contribution in [0.1, 0.15) is 15.9 Å². The number of para-hydroxylation sites is 1. The van der Waals surface area contributed by atoms with Gasteiger partial charge in [-0.2, -0.15) is 0 Å². The second-order valence-electron chi connectivity index (χ2n) is 6.29. The SMILES string of the molecule is Cc1cccc(OC(=O)c2cc(-c3ccc(Br)cc3)nc3ccccc23)c1. The Kier molecular flexibility index (Phi) is 4.73. The summed E-state index contributed by atoms with van der Waals surface area (Å²) in [5.74, 6) is 0.142. The average Bonchev–Trinajstić information content (AvgIpc) is 2.67. The Morgan fingerprint density at radius 1 is 0.926 bits per heavy atom. The summed E-state index contributed by atoms with van der Waals surface area (Å²) >= 11 is 3.44. The summed E-state index contributed by atoms with van der Waals surface area (Å²) in [4.78, 5) is 17.6. The predicted octanol–water partition coefficient (Wildman–Crippen LogP) is 6.19. The van der Waals surface area contributed by atoms with Crippen LogP contribution >= 0.6 is 15.9 Å². The number of ether oxygens (including phenoxy) is 1. The summed E-state index contributed by atoms with van der Waals surface area (Å²) < 4.78 is 6.62. The van der Waals surface area contributed by atoms with E-state index in [9.17, 15) is 4.79 Å². The molecule has 0 aliphatic rings. The number of pyridine rings is 1. The van der Waals surface area contributed by atoms with Crippen molar-refractivity contribution < 1.29 is 9.53 Å². The van der Waals surface area contributed by atoms with E-state index in [-0.39, 0.29) is 0 Å². The van der Waals surface area contributed by atoms with E-state index >= 15 is 0 Å². The number of nitrogens with zero attached hydrogens (tertiary/aromatic N) is 1. The van der Waals surface area contributed by atoms with E-state index < -0.39 is 5.97 Å². The van der Waals surface area contributed by atoms with Crippen molar-refractivity contribution in [2.24, 2.45) is 0 Å². The van der Waals surface area contributed by atoms with Gasteiger partial charge in [0.2, 0.25) is 0 Å². The Bertz CT molecular complexity index is 1140. The number of aromatic nitrogens is 1. The molecule has 0 amide bonds. The molecule has 0 unspecified atom stereocenters. The second-order valence-corrected chi connectivity index (χ2v) is 7.20. The lowest BCUT2D eigenvalue weighted by Gasteiger charge is -2.10. The van der Waals surface area contributed by atoms with Crippen LogP contribution in [0.25, 0.3) is 22.2 Å². The molecule has 0 atom stereocenters. The van der Waals surface area contributed by atoms with Crippen LogP contribution < -0.4 is 4.74 Å². The summed E-state index contributed by atoms with van der Waals surface area (Å²) in [7, 11) is 0. The van der Waals surface area contributed by atoms with E-state index in [0.29, 0.717) is 11.3 Å². The molecule has 3 nitrogen and oxygen atoms in total. The summed E-state index contributed by atoms with van der Waals surface area (Å²) in [6, 6.07) is 24.7. The van der Waals surface area contributed by atoms with Crippen LogP contribution in [0.4, 0.5) is 0 Å². The minimum atomic E-state index is -0.391. The summed E-state index contributed by atoms with van der Waals surface area (Å²) in [6.07, 6.45) is 0.